The van der Waals surface area contributed by atoms with Crippen LogP contribution in [0.2, 0.25) is 0 Å². The minimum Gasteiger partial charge on any atom is -0.497 e. The molecule has 6 nitrogen and oxygen atoms in total. The Kier molecular flexibility index (Phi) is 5.09. The van der Waals surface area contributed by atoms with Crippen molar-refractivity contribution in [3.8, 4) is 17.0 Å². The van der Waals surface area contributed by atoms with Gasteiger partial charge in [0, 0.05) is 21.9 Å². The van der Waals surface area contributed by atoms with Gasteiger partial charge in [0.1, 0.15) is 5.75 Å². The number of hydrogen-bond acceptors (Lipinski definition) is 5. The third-order valence-corrected chi connectivity index (χ3v) is 5.24. The Morgan fingerprint density at radius 2 is 1.84 bits per heavy atom. The van der Waals surface area contributed by atoms with Gasteiger partial charge in [-0.05, 0) is 47.9 Å². The molecule has 0 aliphatic carbocycles. The number of carbonyl (C=O) groups is 1. The summed E-state index contributed by atoms with van der Waals surface area (Å²) in [7, 11) is 1.64. The molecule has 32 heavy (non-hydrogen) atoms. The van der Waals surface area contributed by atoms with E-state index in [1.165, 1.54) is 6.26 Å². The molecule has 0 atom stereocenters. The van der Waals surface area contributed by atoms with Crippen molar-refractivity contribution in [2.75, 3.05) is 7.11 Å². The fraction of sp³-hybridized carbons (Fsp3) is 0.0385. The van der Waals surface area contributed by atoms with Crippen molar-refractivity contribution in [2.24, 2.45) is 5.10 Å². The second kappa shape index (κ2) is 8.35. The first-order valence-corrected chi connectivity index (χ1v) is 10.1. The van der Waals surface area contributed by atoms with Crippen LogP contribution in [0.5, 0.6) is 5.75 Å². The second-order valence-corrected chi connectivity index (χ2v) is 7.18. The summed E-state index contributed by atoms with van der Waals surface area (Å²) in [5.74, 6) is 0.569. The van der Waals surface area contributed by atoms with Gasteiger partial charge in [-0.1, -0.05) is 36.4 Å². The number of benzene rings is 3. The smallest absolute Gasteiger partial charge is 0.307 e. The molecule has 2 heterocycles. The Hall–Kier alpha value is -4.45. The van der Waals surface area contributed by atoms with E-state index in [1.807, 2.05) is 48.5 Å². The van der Waals surface area contributed by atoms with E-state index in [4.69, 9.17) is 14.1 Å². The average molecular weight is 421 g/mol. The van der Waals surface area contributed by atoms with E-state index in [-0.39, 0.29) is 5.76 Å². The molecule has 0 radical (unpaired) electrons. The summed E-state index contributed by atoms with van der Waals surface area (Å²) in [5, 5.41) is 7.25. The number of hydrazone groups is 1. The summed E-state index contributed by atoms with van der Waals surface area (Å²) in [6.07, 6.45) is 3.08. The Morgan fingerprint density at radius 3 is 2.62 bits per heavy atom. The lowest BCUT2D eigenvalue weighted by molar-refractivity contribution is 0.0927. The molecule has 1 N–H and O–H groups in total. The van der Waals surface area contributed by atoms with Crippen LogP contribution in [0.3, 0.4) is 0 Å². The lowest BCUT2D eigenvalue weighted by atomic mass is 10.0. The van der Waals surface area contributed by atoms with Gasteiger partial charge in [-0.25, -0.2) is 10.4 Å². The third kappa shape index (κ3) is 3.70. The molecule has 3 aromatic carbocycles. The van der Waals surface area contributed by atoms with Gasteiger partial charge in [0.05, 0.1) is 30.8 Å². The van der Waals surface area contributed by atoms with Gasteiger partial charge >= 0.3 is 5.91 Å². The van der Waals surface area contributed by atoms with Crippen LogP contribution in [0.4, 0.5) is 0 Å². The van der Waals surface area contributed by atoms with Crippen molar-refractivity contribution >= 4 is 33.8 Å². The Labute approximate surface area is 184 Å². The quantitative estimate of drug-likeness (QED) is 0.234. The highest BCUT2D eigenvalue weighted by molar-refractivity contribution is 6.11. The van der Waals surface area contributed by atoms with Crippen LogP contribution in [0.25, 0.3) is 32.9 Å². The van der Waals surface area contributed by atoms with Gasteiger partial charge in [-0.2, -0.15) is 5.10 Å². The van der Waals surface area contributed by atoms with Crippen molar-refractivity contribution < 1.29 is 13.9 Å². The number of nitrogens with one attached hydrogen (secondary N) is 1. The predicted molar refractivity (Wildman–Crippen MR) is 125 cm³/mol. The number of furan rings is 1. The molecule has 2 aromatic heterocycles. The summed E-state index contributed by atoms with van der Waals surface area (Å²) in [6, 6.07) is 25.2. The minimum absolute atomic E-state index is 0.201. The van der Waals surface area contributed by atoms with E-state index in [1.54, 1.807) is 25.5 Å². The first kappa shape index (κ1) is 19.5. The van der Waals surface area contributed by atoms with Crippen molar-refractivity contribution in [3.05, 3.63) is 96.4 Å². The maximum absolute atomic E-state index is 12.1. The first-order chi connectivity index (χ1) is 15.7. The highest BCUT2D eigenvalue weighted by Crippen LogP contribution is 2.30. The molecule has 1 amide bonds. The summed E-state index contributed by atoms with van der Waals surface area (Å²) in [5.41, 5.74) is 5.97. The topological polar surface area (TPSA) is 76.7 Å². The number of pyridine rings is 1. The fourth-order valence-electron chi connectivity index (χ4n) is 3.63. The van der Waals surface area contributed by atoms with Crippen molar-refractivity contribution in [2.45, 2.75) is 0 Å². The van der Waals surface area contributed by atoms with E-state index >= 15 is 0 Å². The standard InChI is InChI=1S/C26H19N3O3/c1-31-20-11-8-18(9-12-20)23-15-19(16-27-29-26(30)24-7-4-14-32-24)22-13-10-17-5-2-3-6-21(17)25(22)28-23/h2-16H,1H3,(H,29,30). The number of rotatable bonds is 5. The Balaban J connectivity index is 1.61. The lowest BCUT2D eigenvalue weighted by Crippen LogP contribution is -2.16. The van der Waals surface area contributed by atoms with Crippen molar-refractivity contribution in [1.29, 1.82) is 0 Å². The van der Waals surface area contributed by atoms with Gasteiger partial charge in [0.25, 0.3) is 0 Å². The largest absolute Gasteiger partial charge is 0.497 e. The summed E-state index contributed by atoms with van der Waals surface area (Å²) < 4.78 is 10.4. The number of carbonyl (C=O) groups excluding carboxylic acids is 1. The zero-order chi connectivity index (χ0) is 21.9. The molecule has 0 bridgehead atoms. The maximum Gasteiger partial charge on any atom is 0.307 e. The Morgan fingerprint density at radius 1 is 1.00 bits per heavy atom. The van der Waals surface area contributed by atoms with Gasteiger partial charge < -0.3 is 9.15 Å². The first-order valence-electron chi connectivity index (χ1n) is 10.1. The number of amides is 1. The molecule has 0 spiro atoms. The van der Waals surface area contributed by atoms with Gasteiger partial charge in [0.15, 0.2) is 5.76 Å². The lowest BCUT2D eigenvalue weighted by Gasteiger charge is -2.10. The third-order valence-electron chi connectivity index (χ3n) is 5.24. The number of fused-ring (bicyclic) bond motifs is 3. The van der Waals surface area contributed by atoms with Gasteiger partial charge in [-0.15, -0.1) is 0 Å². The molecule has 0 aliphatic heterocycles. The SMILES string of the molecule is COc1ccc(-c2cc(C=NNC(=O)c3ccco3)c3ccc4ccccc4c3n2)cc1. The van der Waals surface area contributed by atoms with E-state index in [9.17, 15) is 4.79 Å². The molecule has 0 unspecified atom stereocenters. The zero-order valence-corrected chi connectivity index (χ0v) is 17.3. The molecular formula is C26H19N3O3. The van der Waals surface area contributed by atoms with Crippen LogP contribution in [0.15, 0.2) is 94.6 Å². The molecule has 0 fully saturated rings. The molecule has 5 rings (SSSR count). The molecule has 0 saturated carbocycles. The van der Waals surface area contributed by atoms with E-state index in [0.717, 1.165) is 44.2 Å². The predicted octanol–water partition coefficient (Wildman–Crippen LogP) is 5.42. The summed E-state index contributed by atoms with van der Waals surface area (Å²) in [6.45, 7) is 0. The fourth-order valence-corrected chi connectivity index (χ4v) is 3.63. The number of hydrogen-bond donors (Lipinski definition) is 1. The highest BCUT2D eigenvalue weighted by atomic mass is 16.5. The maximum atomic E-state index is 12.1. The summed E-state index contributed by atoms with van der Waals surface area (Å²) in [4.78, 5) is 17.1. The van der Waals surface area contributed by atoms with Crippen LogP contribution in [-0.4, -0.2) is 24.2 Å². The molecule has 6 heteroatoms. The van der Waals surface area contributed by atoms with Gasteiger partial charge in [-0.3, -0.25) is 4.79 Å². The monoisotopic (exact) mass is 421 g/mol. The van der Waals surface area contributed by atoms with Crippen LogP contribution in [0, 0.1) is 0 Å². The zero-order valence-electron chi connectivity index (χ0n) is 17.3. The number of nitrogens with zero attached hydrogens (tertiary/aromatic N) is 2. The molecule has 156 valence electrons. The molecule has 5 aromatic rings. The normalized spacial score (nSPS) is 11.3. The van der Waals surface area contributed by atoms with Crippen molar-refractivity contribution in [3.63, 3.8) is 0 Å². The number of methoxy groups -OCH3 is 1. The summed E-state index contributed by atoms with van der Waals surface area (Å²) >= 11 is 0. The van der Waals surface area contributed by atoms with E-state index < -0.39 is 5.91 Å². The van der Waals surface area contributed by atoms with Crippen molar-refractivity contribution in [1.82, 2.24) is 10.4 Å². The van der Waals surface area contributed by atoms with E-state index in [0.29, 0.717) is 0 Å². The van der Waals surface area contributed by atoms with Crippen LogP contribution in [0.1, 0.15) is 16.1 Å². The molecule has 0 aliphatic rings. The highest BCUT2D eigenvalue weighted by Gasteiger charge is 2.11. The van der Waals surface area contributed by atoms with Crippen LogP contribution < -0.4 is 10.2 Å². The van der Waals surface area contributed by atoms with Crippen LogP contribution in [-0.2, 0) is 0 Å². The second-order valence-electron chi connectivity index (χ2n) is 7.18. The Bertz CT molecular complexity index is 1440. The van der Waals surface area contributed by atoms with E-state index in [2.05, 4.69) is 28.7 Å². The van der Waals surface area contributed by atoms with Crippen LogP contribution >= 0.6 is 0 Å². The van der Waals surface area contributed by atoms with Gasteiger partial charge in [0.2, 0.25) is 0 Å². The molecular weight excluding hydrogens is 402 g/mol. The molecule has 0 saturated heterocycles. The number of ether oxygens (including phenoxy) is 1. The number of aromatic nitrogens is 1. The average Bonchev–Trinajstić information content (AvgIpc) is 3.39. The minimum atomic E-state index is -0.412.